The maximum atomic E-state index is 2.49. The molecule has 0 atom stereocenters. The molecule has 0 N–H and O–H groups in total. The highest BCUT2D eigenvalue weighted by molar-refractivity contribution is 5.81. The van der Waals surface area contributed by atoms with Crippen molar-refractivity contribution in [2.24, 2.45) is 0 Å². The topological polar surface area (TPSA) is 0 Å². The van der Waals surface area contributed by atoms with E-state index in [9.17, 15) is 0 Å². The van der Waals surface area contributed by atoms with Crippen molar-refractivity contribution in [2.45, 2.75) is 64.7 Å². The summed E-state index contributed by atoms with van der Waals surface area (Å²) in [5, 5.41) is 0. The van der Waals surface area contributed by atoms with Crippen LogP contribution in [0.2, 0.25) is 0 Å². The summed E-state index contributed by atoms with van der Waals surface area (Å²) in [4.78, 5) is 0. The van der Waals surface area contributed by atoms with Crippen molar-refractivity contribution in [1.82, 2.24) is 0 Å². The predicted octanol–water partition coefficient (Wildman–Crippen LogP) is 7.37. The second-order valence-corrected chi connectivity index (χ2v) is 7.83. The van der Waals surface area contributed by atoms with Crippen LogP contribution >= 0.6 is 0 Å². The van der Waals surface area contributed by atoms with Gasteiger partial charge in [-0.3, -0.25) is 0 Å². The molecule has 0 heterocycles. The minimum Gasteiger partial charge on any atom is -0.0804 e. The lowest BCUT2D eigenvalue weighted by molar-refractivity contribution is 0.792. The Morgan fingerprint density at radius 3 is 1.85 bits per heavy atom. The van der Waals surface area contributed by atoms with Crippen LogP contribution in [-0.4, -0.2) is 0 Å². The standard InChI is InChI=1S/C26H30/c1-3-5-9-19-13-15-22-23-16-14-20(10-6-4-2)18-25(23)26(24(22)17-19)21-11-7-8-12-21/h7,11-18,26H,3-6,8-10H2,1-2H3. The molecule has 0 amide bonds. The number of aryl methyl sites for hydroxylation is 2. The van der Waals surface area contributed by atoms with E-state index in [1.807, 2.05) is 0 Å². The molecular weight excluding hydrogens is 312 g/mol. The van der Waals surface area contributed by atoms with E-state index >= 15 is 0 Å². The Balaban J connectivity index is 1.78. The first-order chi connectivity index (χ1) is 12.8. The number of hydrogen-bond acceptors (Lipinski definition) is 0. The van der Waals surface area contributed by atoms with Crippen molar-refractivity contribution in [3.05, 3.63) is 82.5 Å². The second kappa shape index (κ2) is 7.66. The molecule has 0 unspecified atom stereocenters. The minimum absolute atomic E-state index is 0.432. The van der Waals surface area contributed by atoms with E-state index in [1.54, 1.807) is 0 Å². The molecule has 0 aliphatic heterocycles. The highest BCUT2D eigenvalue weighted by Gasteiger charge is 2.31. The van der Waals surface area contributed by atoms with Crippen LogP contribution in [0.25, 0.3) is 11.1 Å². The Bertz CT molecular complexity index is 793. The van der Waals surface area contributed by atoms with Crippen LogP contribution in [0.5, 0.6) is 0 Å². The van der Waals surface area contributed by atoms with Gasteiger partial charge in [-0.15, -0.1) is 0 Å². The Hall–Kier alpha value is -2.08. The molecule has 134 valence electrons. The summed E-state index contributed by atoms with van der Waals surface area (Å²) in [6.07, 6.45) is 15.6. The van der Waals surface area contributed by atoms with Crippen molar-refractivity contribution in [3.63, 3.8) is 0 Å². The van der Waals surface area contributed by atoms with E-state index in [0.717, 1.165) is 6.42 Å². The summed E-state index contributed by atoms with van der Waals surface area (Å²) >= 11 is 0. The molecule has 0 saturated carbocycles. The van der Waals surface area contributed by atoms with Gasteiger partial charge in [-0.1, -0.05) is 81.3 Å². The number of fused-ring (bicyclic) bond motifs is 3. The molecule has 0 fully saturated rings. The first kappa shape index (κ1) is 17.3. The third-order valence-corrected chi connectivity index (χ3v) is 5.92. The first-order valence-corrected chi connectivity index (χ1v) is 10.4. The van der Waals surface area contributed by atoms with Crippen LogP contribution in [0.1, 0.15) is 74.1 Å². The van der Waals surface area contributed by atoms with Gasteiger partial charge >= 0.3 is 0 Å². The summed E-state index contributed by atoms with van der Waals surface area (Å²) < 4.78 is 0. The number of unbranched alkanes of at least 4 members (excludes halogenated alkanes) is 2. The van der Waals surface area contributed by atoms with Crippen molar-refractivity contribution >= 4 is 0 Å². The molecule has 2 aliphatic rings. The highest BCUT2D eigenvalue weighted by atomic mass is 14.3. The molecule has 2 aromatic carbocycles. The third-order valence-electron chi connectivity index (χ3n) is 5.92. The van der Waals surface area contributed by atoms with Gasteiger partial charge in [-0.25, -0.2) is 0 Å². The smallest absolute Gasteiger partial charge is 0.0349 e. The van der Waals surface area contributed by atoms with Crippen molar-refractivity contribution in [1.29, 1.82) is 0 Å². The third kappa shape index (κ3) is 3.18. The number of allylic oxidation sites excluding steroid dienone is 4. The van der Waals surface area contributed by atoms with Gasteiger partial charge in [-0.05, 0) is 71.1 Å². The van der Waals surface area contributed by atoms with Gasteiger partial charge in [0.1, 0.15) is 0 Å². The molecule has 0 aromatic heterocycles. The average molecular weight is 343 g/mol. The second-order valence-electron chi connectivity index (χ2n) is 7.83. The number of benzene rings is 2. The Labute approximate surface area is 158 Å². The molecule has 0 saturated heterocycles. The fourth-order valence-corrected chi connectivity index (χ4v) is 4.48. The van der Waals surface area contributed by atoms with E-state index in [1.165, 1.54) is 77.5 Å². The van der Waals surface area contributed by atoms with Crippen LogP contribution in [0.4, 0.5) is 0 Å². The van der Waals surface area contributed by atoms with Crippen LogP contribution < -0.4 is 0 Å². The van der Waals surface area contributed by atoms with Crippen LogP contribution in [0.15, 0.2) is 60.2 Å². The number of hydrogen-bond donors (Lipinski definition) is 0. The zero-order valence-electron chi connectivity index (χ0n) is 16.2. The Kier molecular flexibility index (Phi) is 5.11. The van der Waals surface area contributed by atoms with E-state index in [2.05, 4.69) is 68.5 Å². The molecule has 0 heteroatoms. The summed E-state index contributed by atoms with van der Waals surface area (Å²) in [6.45, 7) is 4.55. The molecule has 4 rings (SSSR count). The zero-order chi connectivity index (χ0) is 17.9. The fourth-order valence-electron chi connectivity index (χ4n) is 4.48. The highest BCUT2D eigenvalue weighted by Crippen LogP contribution is 2.49. The number of rotatable bonds is 7. The van der Waals surface area contributed by atoms with Gasteiger partial charge in [0.05, 0.1) is 0 Å². The Morgan fingerprint density at radius 2 is 1.38 bits per heavy atom. The molecule has 0 bridgehead atoms. The van der Waals surface area contributed by atoms with Gasteiger partial charge in [0.2, 0.25) is 0 Å². The van der Waals surface area contributed by atoms with Crippen LogP contribution in [-0.2, 0) is 12.8 Å². The largest absolute Gasteiger partial charge is 0.0804 e. The molecular formula is C26H30. The van der Waals surface area contributed by atoms with Gasteiger partial charge in [0.25, 0.3) is 0 Å². The average Bonchev–Trinajstić information content (AvgIpc) is 3.29. The molecule has 2 aliphatic carbocycles. The predicted molar refractivity (Wildman–Crippen MR) is 113 cm³/mol. The lowest BCUT2D eigenvalue weighted by Gasteiger charge is -2.16. The van der Waals surface area contributed by atoms with Crippen LogP contribution in [0, 0.1) is 0 Å². The van der Waals surface area contributed by atoms with E-state index in [4.69, 9.17) is 0 Å². The summed E-state index contributed by atoms with van der Waals surface area (Å²) in [6, 6.07) is 14.5. The van der Waals surface area contributed by atoms with Gasteiger partial charge in [0.15, 0.2) is 0 Å². The summed E-state index contributed by atoms with van der Waals surface area (Å²) in [7, 11) is 0. The van der Waals surface area contributed by atoms with Gasteiger partial charge in [-0.2, -0.15) is 0 Å². The van der Waals surface area contributed by atoms with Crippen molar-refractivity contribution in [2.75, 3.05) is 0 Å². The van der Waals surface area contributed by atoms with E-state index in [-0.39, 0.29) is 0 Å². The maximum Gasteiger partial charge on any atom is 0.0349 e. The molecule has 0 nitrogen and oxygen atoms in total. The normalized spacial score (nSPS) is 15.2. The lowest BCUT2D eigenvalue weighted by atomic mass is 9.87. The monoisotopic (exact) mass is 342 g/mol. The SMILES string of the molecule is CCCCc1ccc2c(c1)C(C1=CCC=C1)c1cc(CCCC)ccc1-2. The summed E-state index contributed by atoms with van der Waals surface area (Å²) in [5.41, 5.74) is 10.4. The fraction of sp³-hybridized carbons (Fsp3) is 0.385. The Morgan fingerprint density at radius 1 is 0.808 bits per heavy atom. The van der Waals surface area contributed by atoms with Gasteiger partial charge < -0.3 is 0 Å². The molecule has 2 aromatic rings. The quantitative estimate of drug-likeness (QED) is 0.492. The van der Waals surface area contributed by atoms with Crippen molar-refractivity contribution in [3.8, 4) is 11.1 Å². The van der Waals surface area contributed by atoms with Crippen molar-refractivity contribution < 1.29 is 0 Å². The minimum atomic E-state index is 0.432. The van der Waals surface area contributed by atoms with Crippen LogP contribution in [0.3, 0.4) is 0 Å². The molecule has 0 radical (unpaired) electrons. The molecule has 0 spiro atoms. The molecule has 26 heavy (non-hydrogen) atoms. The lowest BCUT2D eigenvalue weighted by Crippen LogP contribution is -2.00. The van der Waals surface area contributed by atoms with E-state index < -0.39 is 0 Å². The maximum absolute atomic E-state index is 2.49. The zero-order valence-corrected chi connectivity index (χ0v) is 16.2. The van der Waals surface area contributed by atoms with E-state index in [0.29, 0.717) is 5.92 Å². The van der Waals surface area contributed by atoms with Gasteiger partial charge in [0, 0.05) is 5.92 Å². The first-order valence-electron chi connectivity index (χ1n) is 10.4. The summed E-state index contributed by atoms with van der Waals surface area (Å²) in [5.74, 6) is 0.432.